The van der Waals surface area contributed by atoms with E-state index in [1.165, 1.54) is 11.4 Å². The average Bonchev–Trinajstić information content (AvgIpc) is 2.82. The molecule has 0 aliphatic heterocycles. The van der Waals surface area contributed by atoms with E-state index in [1.54, 1.807) is 42.2 Å². The van der Waals surface area contributed by atoms with Gasteiger partial charge in [-0.05, 0) is 44.4 Å². The van der Waals surface area contributed by atoms with Gasteiger partial charge in [0.1, 0.15) is 6.04 Å². The number of hydrogen-bond acceptors (Lipinski definition) is 4. The van der Waals surface area contributed by atoms with Gasteiger partial charge in [-0.15, -0.1) is 0 Å². The lowest BCUT2D eigenvalue weighted by atomic mass is 10.1. The van der Waals surface area contributed by atoms with Crippen LogP contribution in [0.1, 0.15) is 50.7 Å². The van der Waals surface area contributed by atoms with Crippen LogP contribution in [0.5, 0.6) is 0 Å². The molecule has 0 heterocycles. The largest absolute Gasteiger partial charge is 0.354 e. The third-order valence-electron chi connectivity index (χ3n) is 5.75. The maximum atomic E-state index is 13.2. The second-order valence-electron chi connectivity index (χ2n) is 8.57. The molecule has 0 spiro atoms. The number of nitrogens with one attached hydrogen (secondary N) is 1. The lowest BCUT2D eigenvalue weighted by Gasteiger charge is -2.29. The fourth-order valence-corrected chi connectivity index (χ4v) is 4.85. The van der Waals surface area contributed by atoms with Gasteiger partial charge in [0.2, 0.25) is 21.8 Å². The minimum Gasteiger partial charge on any atom is -0.354 e. The molecule has 2 amide bonds. The molecule has 0 aliphatic rings. The molecular weight excluding hydrogens is 450 g/mol. The Labute approximate surface area is 204 Å². The molecule has 0 aromatic heterocycles. The number of rotatable bonds is 13. The first-order chi connectivity index (χ1) is 16.2. The monoisotopic (exact) mass is 487 g/mol. The first-order valence-electron chi connectivity index (χ1n) is 11.8. The Morgan fingerprint density at radius 1 is 1.03 bits per heavy atom. The van der Waals surface area contributed by atoms with Crippen LogP contribution in [0.25, 0.3) is 0 Å². The second-order valence-corrected chi connectivity index (χ2v) is 10.6. The van der Waals surface area contributed by atoms with E-state index in [0.29, 0.717) is 19.5 Å². The first-order valence-corrected chi connectivity index (χ1v) is 13.2. The third-order valence-corrected chi connectivity index (χ3v) is 7.62. The summed E-state index contributed by atoms with van der Waals surface area (Å²) >= 11 is 0. The van der Waals surface area contributed by atoms with E-state index < -0.39 is 16.1 Å². The van der Waals surface area contributed by atoms with Crippen LogP contribution < -0.4 is 5.32 Å². The molecule has 34 heavy (non-hydrogen) atoms. The fourth-order valence-electron chi connectivity index (χ4n) is 3.62. The number of carbonyl (C=O) groups is 2. The summed E-state index contributed by atoms with van der Waals surface area (Å²) in [5.74, 6) is -0.358. The smallest absolute Gasteiger partial charge is 0.242 e. The molecule has 2 aromatic carbocycles. The van der Waals surface area contributed by atoms with E-state index in [1.807, 2.05) is 31.2 Å². The van der Waals surface area contributed by atoms with Gasteiger partial charge < -0.3 is 10.2 Å². The highest BCUT2D eigenvalue weighted by atomic mass is 32.2. The molecule has 2 aromatic rings. The van der Waals surface area contributed by atoms with Gasteiger partial charge in [-0.1, -0.05) is 61.4 Å². The number of amides is 2. The molecule has 0 bridgehead atoms. The molecule has 0 saturated carbocycles. The number of carbonyl (C=O) groups excluding carboxylic acids is 2. The van der Waals surface area contributed by atoms with Crippen molar-refractivity contribution in [1.82, 2.24) is 14.5 Å². The summed E-state index contributed by atoms with van der Waals surface area (Å²) < 4.78 is 26.7. The average molecular weight is 488 g/mol. The van der Waals surface area contributed by atoms with E-state index in [9.17, 15) is 18.0 Å². The van der Waals surface area contributed by atoms with Crippen molar-refractivity contribution in [2.24, 2.45) is 0 Å². The second kappa shape index (κ2) is 13.2. The Hall–Kier alpha value is -2.71. The van der Waals surface area contributed by atoms with Crippen LogP contribution in [-0.4, -0.2) is 55.6 Å². The van der Waals surface area contributed by atoms with Crippen molar-refractivity contribution in [2.75, 3.05) is 20.1 Å². The minimum absolute atomic E-state index is 0.146. The zero-order valence-electron chi connectivity index (χ0n) is 20.7. The van der Waals surface area contributed by atoms with Crippen LogP contribution in [0, 0.1) is 6.92 Å². The van der Waals surface area contributed by atoms with Gasteiger partial charge in [-0.3, -0.25) is 9.59 Å². The summed E-state index contributed by atoms with van der Waals surface area (Å²) in [5, 5.41) is 2.91. The van der Waals surface area contributed by atoms with Gasteiger partial charge in [-0.2, -0.15) is 0 Å². The van der Waals surface area contributed by atoms with Crippen LogP contribution in [0.4, 0.5) is 0 Å². The van der Waals surface area contributed by atoms with Crippen LogP contribution in [0.2, 0.25) is 0 Å². The molecule has 0 radical (unpaired) electrons. The summed E-state index contributed by atoms with van der Waals surface area (Å²) in [7, 11) is -2.09. The van der Waals surface area contributed by atoms with Crippen LogP contribution in [-0.2, 0) is 26.2 Å². The third kappa shape index (κ3) is 7.95. The predicted molar refractivity (Wildman–Crippen MR) is 135 cm³/mol. The van der Waals surface area contributed by atoms with Crippen LogP contribution in [0.3, 0.4) is 0 Å². The molecule has 8 heteroatoms. The van der Waals surface area contributed by atoms with E-state index in [-0.39, 0.29) is 29.7 Å². The van der Waals surface area contributed by atoms with Crippen LogP contribution in [0.15, 0.2) is 59.5 Å². The Morgan fingerprint density at radius 2 is 1.74 bits per heavy atom. The lowest BCUT2D eigenvalue weighted by molar-refractivity contribution is -0.140. The van der Waals surface area contributed by atoms with E-state index in [2.05, 4.69) is 12.2 Å². The zero-order chi connectivity index (χ0) is 25.1. The van der Waals surface area contributed by atoms with Gasteiger partial charge in [-0.25, -0.2) is 12.7 Å². The molecule has 2 rings (SSSR count). The molecule has 0 saturated heterocycles. The topological polar surface area (TPSA) is 86.8 Å². The molecular formula is C26H37N3O4S. The molecule has 0 fully saturated rings. The summed E-state index contributed by atoms with van der Waals surface area (Å²) in [6, 6.07) is 15.5. The predicted octanol–water partition coefficient (Wildman–Crippen LogP) is 3.73. The van der Waals surface area contributed by atoms with Crippen molar-refractivity contribution in [3.63, 3.8) is 0 Å². The molecule has 1 atom stereocenters. The van der Waals surface area contributed by atoms with Crippen molar-refractivity contribution in [1.29, 1.82) is 0 Å². The van der Waals surface area contributed by atoms with E-state index >= 15 is 0 Å². The highest BCUT2D eigenvalue weighted by molar-refractivity contribution is 7.89. The lowest BCUT2D eigenvalue weighted by Crippen LogP contribution is -2.47. The maximum absolute atomic E-state index is 13.2. The van der Waals surface area contributed by atoms with Gasteiger partial charge in [0.15, 0.2) is 0 Å². The molecule has 0 aliphatic carbocycles. The number of aryl methyl sites for hydroxylation is 1. The fraction of sp³-hybridized carbons (Fsp3) is 0.462. The minimum atomic E-state index is -3.61. The SMILES string of the molecule is CCCCNC(=O)[C@@H](C)N(Cc1cccc(C)c1)C(=O)CCCN(C)S(=O)(=O)c1ccccc1. The van der Waals surface area contributed by atoms with E-state index in [0.717, 1.165) is 24.0 Å². The number of nitrogens with zero attached hydrogens (tertiary/aromatic N) is 2. The number of benzene rings is 2. The van der Waals surface area contributed by atoms with Gasteiger partial charge in [0.25, 0.3) is 0 Å². The Kier molecular flexibility index (Phi) is 10.7. The van der Waals surface area contributed by atoms with Crippen molar-refractivity contribution < 1.29 is 18.0 Å². The first kappa shape index (κ1) is 27.5. The molecule has 7 nitrogen and oxygen atoms in total. The summed E-state index contributed by atoms with van der Waals surface area (Å²) in [6.07, 6.45) is 2.36. The van der Waals surface area contributed by atoms with Crippen LogP contribution >= 0.6 is 0 Å². The normalized spacial score (nSPS) is 12.4. The quantitative estimate of drug-likeness (QED) is 0.436. The van der Waals surface area contributed by atoms with Crippen molar-refractivity contribution in [3.05, 3.63) is 65.7 Å². The van der Waals surface area contributed by atoms with Crippen molar-refractivity contribution in [2.45, 2.75) is 63.9 Å². The number of hydrogen-bond donors (Lipinski definition) is 1. The van der Waals surface area contributed by atoms with Crippen molar-refractivity contribution >= 4 is 21.8 Å². The summed E-state index contributed by atoms with van der Waals surface area (Å²) in [6.45, 7) is 6.88. The van der Waals surface area contributed by atoms with Gasteiger partial charge >= 0.3 is 0 Å². The molecule has 186 valence electrons. The van der Waals surface area contributed by atoms with Gasteiger partial charge in [0.05, 0.1) is 4.90 Å². The number of unbranched alkanes of at least 4 members (excludes halogenated alkanes) is 1. The zero-order valence-corrected chi connectivity index (χ0v) is 21.5. The Morgan fingerprint density at radius 3 is 2.38 bits per heavy atom. The standard InChI is InChI=1S/C26H37N3O4S/c1-5-6-17-27-26(31)22(3)29(20-23-13-10-12-21(2)19-23)25(30)16-11-18-28(4)34(32,33)24-14-8-7-9-15-24/h7-10,12-15,19,22H,5-6,11,16-18,20H2,1-4H3,(H,27,31)/t22-/m1/s1. The summed E-state index contributed by atoms with van der Waals surface area (Å²) in [4.78, 5) is 27.7. The Bertz CT molecular complexity index is 1040. The number of sulfonamides is 1. The summed E-state index contributed by atoms with van der Waals surface area (Å²) in [5.41, 5.74) is 2.03. The highest BCUT2D eigenvalue weighted by Crippen LogP contribution is 2.16. The highest BCUT2D eigenvalue weighted by Gasteiger charge is 2.26. The Balaban J connectivity index is 2.06. The van der Waals surface area contributed by atoms with Crippen molar-refractivity contribution in [3.8, 4) is 0 Å². The van der Waals surface area contributed by atoms with E-state index in [4.69, 9.17) is 0 Å². The van der Waals surface area contributed by atoms with Gasteiger partial charge in [0, 0.05) is 33.1 Å². The molecule has 1 N–H and O–H groups in total. The maximum Gasteiger partial charge on any atom is 0.242 e. The molecule has 0 unspecified atom stereocenters.